The van der Waals surface area contributed by atoms with Gasteiger partial charge in [0.05, 0.1) is 0 Å². The average molecular weight is 290 g/mol. The minimum Gasteiger partial charge on any atom is -0.474 e. The number of ether oxygens (including phenoxy) is 1. The first kappa shape index (κ1) is 16.3. The fourth-order valence-corrected chi connectivity index (χ4v) is 3.17. The summed E-state index contributed by atoms with van der Waals surface area (Å²) in [6.45, 7) is 8.47. The van der Waals surface area contributed by atoms with E-state index in [-0.39, 0.29) is 0 Å². The van der Waals surface area contributed by atoms with E-state index in [1.165, 1.54) is 37.7 Å². The van der Waals surface area contributed by atoms with E-state index in [1.807, 2.05) is 6.92 Å². The second-order valence-corrected chi connectivity index (χ2v) is 6.31. The van der Waals surface area contributed by atoms with E-state index in [1.54, 1.807) is 0 Å². The van der Waals surface area contributed by atoms with Gasteiger partial charge in [-0.2, -0.15) is 0 Å². The first-order valence-electron chi connectivity index (χ1n) is 8.56. The molecule has 1 aliphatic carbocycles. The summed E-state index contributed by atoms with van der Waals surface area (Å²) in [5.74, 6) is 1.64. The fraction of sp³-hybridized carbons (Fsp3) is 0.722. The Hall–Kier alpha value is -1.09. The van der Waals surface area contributed by atoms with Crippen LogP contribution in [0.4, 0.5) is 0 Å². The van der Waals surface area contributed by atoms with Gasteiger partial charge in [-0.15, -0.1) is 0 Å². The molecule has 0 saturated heterocycles. The van der Waals surface area contributed by atoms with Crippen molar-refractivity contribution in [3.63, 3.8) is 0 Å². The highest BCUT2D eigenvalue weighted by atomic mass is 16.5. The number of hydrogen-bond donors (Lipinski definition) is 1. The van der Waals surface area contributed by atoms with Gasteiger partial charge in [-0.3, -0.25) is 0 Å². The normalized spacial score (nSPS) is 22.2. The molecular weight excluding hydrogens is 260 g/mol. The Bertz CT molecular complexity index is 433. The summed E-state index contributed by atoms with van der Waals surface area (Å²) in [6, 6.07) is 4.25. The van der Waals surface area contributed by atoms with E-state index in [2.05, 4.69) is 36.3 Å². The highest BCUT2D eigenvalue weighted by molar-refractivity contribution is 5.24. The van der Waals surface area contributed by atoms with E-state index in [0.717, 1.165) is 37.0 Å². The van der Waals surface area contributed by atoms with Crippen molar-refractivity contribution in [1.29, 1.82) is 0 Å². The van der Waals surface area contributed by atoms with Crippen molar-refractivity contribution < 1.29 is 4.74 Å². The van der Waals surface area contributed by atoms with Crippen molar-refractivity contribution in [3.05, 3.63) is 23.4 Å². The van der Waals surface area contributed by atoms with Crippen LogP contribution in [0.5, 0.6) is 5.88 Å². The molecule has 0 amide bonds. The molecule has 1 aliphatic rings. The number of nitrogens with zero attached hydrogens (tertiary/aromatic N) is 1. The lowest BCUT2D eigenvalue weighted by Gasteiger charge is -2.28. The second kappa shape index (κ2) is 8.38. The van der Waals surface area contributed by atoms with Crippen LogP contribution in [0.3, 0.4) is 0 Å². The molecule has 21 heavy (non-hydrogen) atoms. The van der Waals surface area contributed by atoms with Gasteiger partial charge in [0.1, 0.15) is 6.10 Å². The lowest BCUT2D eigenvalue weighted by atomic mass is 9.85. The second-order valence-electron chi connectivity index (χ2n) is 6.31. The summed E-state index contributed by atoms with van der Waals surface area (Å²) in [6.07, 6.45) is 7.81. The van der Waals surface area contributed by atoms with Crippen LogP contribution in [0, 0.1) is 12.8 Å². The molecule has 1 aromatic heterocycles. The smallest absolute Gasteiger partial charge is 0.214 e. The average Bonchev–Trinajstić information content (AvgIpc) is 2.47. The molecule has 1 fully saturated rings. The predicted molar refractivity (Wildman–Crippen MR) is 87.6 cm³/mol. The summed E-state index contributed by atoms with van der Waals surface area (Å²) >= 11 is 0. The molecule has 0 aromatic carbocycles. The molecule has 3 nitrogen and oxygen atoms in total. The molecule has 118 valence electrons. The van der Waals surface area contributed by atoms with E-state index in [0.29, 0.717) is 6.10 Å². The SMILES string of the molecule is CCCNCc1cc(C)nc(OC2CCCC(CC)C2)c1. The molecule has 1 aromatic rings. The summed E-state index contributed by atoms with van der Waals surface area (Å²) in [5.41, 5.74) is 2.32. The van der Waals surface area contributed by atoms with Gasteiger partial charge < -0.3 is 10.1 Å². The van der Waals surface area contributed by atoms with Crippen LogP contribution in [0.2, 0.25) is 0 Å². The highest BCUT2D eigenvalue weighted by Gasteiger charge is 2.22. The van der Waals surface area contributed by atoms with Crippen LogP contribution in [0.25, 0.3) is 0 Å². The molecule has 0 spiro atoms. The van der Waals surface area contributed by atoms with Crippen molar-refractivity contribution in [2.24, 2.45) is 5.92 Å². The number of nitrogens with one attached hydrogen (secondary N) is 1. The minimum atomic E-state index is 0.356. The van der Waals surface area contributed by atoms with Crippen molar-refractivity contribution in [2.75, 3.05) is 6.54 Å². The molecule has 3 heteroatoms. The van der Waals surface area contributed by atoms with Crippen LogP contribution in [-0.2, 0) is 6.54 Å². The third-order valence-electron chi connectivity index (χ3n) is 4.35. The van der Waals surface area contributed by atoms with E-state index >= 15 is 0 Å². The van der Waals surface area contributed by atoms with Crippen LogP contribution in [0.15, 0.2) is 12.1 Å². The zero-order chi connectivity index (χ0) is 15.1. The highest BCUT2D eigenvalue weighted by Crippen LogP contribution is 2.29. The maximum absolute atomic E-state index is 6.18. The van der Waals surface area contributed by atoms with Crippen molar-refractivity contribution in [2.45, 2.75) is 71.9 Å². The molecule has 2 rings (SSSR count). The van der Waals surface area contributed by atoms with Crippen LogP contribution >= 0.6 is 0 Å². The predicted octanol–water partition coefficient (Wildman–Crippen LogP) is 4.24. The molecular formula is C18H30N2O. The van der Waals surface area contributed by atoms with Crippen molar-refractivity contribution >= 4 is 0 Å². The standard InChI is InChI=1S/C18H30N2O/c1-4-9-19-13-16-10-14(3)20-18(12-16)21-17-8-6-7-15(5-2)11-17/h10,12,15,17,19H,4-9,11,13H2,1-3H3. The largest absolute Gasteiger partial charge is 0.474 e. The number of aryl methyl sites for hydroxylation is 1. The van der Waals surface area contributed by atoms with Crippen molar-refractivity contribution in [3.8, 4) is 5.88 Å². The van der Waals surface area contributed by atoms with Gasteiger partial charge in [0.25, 0.3) is 0 Å². The van der Waals surface area contributed by atoms with Gasteiger partial charge in [0, 0.05) is 18.3 Å². The first-order chi connectivity index (χ1) is 10.2. The Labute approximate surface area is 129 Å². The molecule has 1 heterocycles. The van der Waals surface area contributed by atoms with Crippen LogP contribution in [0.1, 0.15) is 63.6 Å². The van der Waals surface area contributed by atoms with Gasteiger partial charge in [-0.05, 0) is 56.7 Å². The van der Waals surface area contributed by atoms with Gasteiger partial charge >= 0.3 is 0 Å². The number of rotatable bonds is 7. The van der Waals surface area contributed by atoms with Crippen LogP contribution < -0.4 is 10.1 Å². The number of pyridine rings is 1. The molecule has 0 radical (unpaired) electrons. The topological polar surface area (TPSA) is 34.2 Å². The van der Waals surface area contributed by atoms with Crippen molar-refractivity contribution in [1.82, 2.24) is 10.3 Å². The van der Waals surface area contributed by atoms with Gasteiger partial charge in [0.15, 0.2) is 0 Å². The Morgan fingerprint density at radius 1 is 1.29 bits per heavy atom. The number of aromatic nitrogens is 1. The molecule has 0 bridgehead atoms. The van der Waals surface area contributed by atoms with E-state index in [4.69, 9.17) is 4.74 Å². The van der Waals surface area contributed by atoms with E-state index < -0.39 is 0 Å². The Morgan fingerprint density at radius 3 is 2.90 bits per heavy atom. The third kappa shape index (κ3) is 5.31. The summed E-state index contributed by atoms with van der Waals surface area (Å²) in [7, 11) is 0. The Kier molecular flexibility index (Phi) is 6.50. The lowest BCUT2D eigenvalue weighted by molar-refractivity contribution is 0.117. The zero-order valence-electron chi connectivity index (χ0n) is 13.8. The van der Waals surface area contributed by atoms with Crippen LogP contribution in [-0.4, -0.2) is 17.6 Å². The Balaban J connectivity index is 1.95. The molecule has 2 atom stereocenters. The number of hydrogen-bond acceptors (Lipinski definition) is 3. The lowest BCUT2D eigenvalue weighted by Crippen LogP contribution is -2.25. The monoisotopic (exact) mass is 290 g/mol. The zero-order valence-corrected chi connectivity index (χ0v) is 13.8. The minimum absolute atomic E-state index is 0.356. The first-order valence-corrected chi connectivity index (χ1v) is 8.56. The summed E-state index contributed by atoms with van der Waals surface area (Å²) in [4.78, 5) is 4.56. The molecule has 1 N–H and O–H groups in total. The molecule has 1 saturated carbocycles. The van der Waals surface area contributed by atoms with Gasteiger partial charge in [0.2, 0.25) is 5.88 Å². The molecule has 2 unspecified atom stereocenters. The van der Waals surface area contributed by atoms with E-state index in [9.17, 15) is 0 Å². The third-order valence-corrected chi connectivity index (χ3v) is 4.35. The fourth-order valence-electron chi connectivity index (χ4n) is 3.17. The Morgan fingerprint density at radius 2 is 2.14 bits per heavy atom. The van der Waals surface area contributed by atoms with Gasteiger partial charge in [-0.25, -0.2) is 4.98 Å². The maximum atomic E-state index is 6.18. The summed E-state index contributed by atoms with van der Waals surface area (Å²) in [5, 5.41) is 3.44. The quantitative estimate of drug-likeness (QED) is 0.763. The van der Waals surface area contributed by atoms with Gasteiger partial charge in [-0.1, -0.05) is 26.7 Å². The molecule has 0 aliphatic heterocycles. The maximum Gasteiger partial charge on any atom is 0.214 e. The summed E-state index contributed by atoms with van der Waals surface area (Å²) < 4.78 is 6.18.